The van der Waals surface area contributed by atoms with E-state index in [0.717, 1.165) is 0 Å². The van der Waals surface area contributed by atoms with Gasteiger partial charge < -0.3 is 9.47 Å². The average Bonchev–Trinajstić information content (AvgIpc) is 2.34. The number of hydrogen-bond donors (Lipinski definition) is 0. The minimum Gasteiger partial charge on any atom is -0.453 e. The zero-order valence-corrected chi connectivity index (χ0v) is 6.16. The van der Waals surface area contributed by atoms with Gasteiger partial charge in [0.05, 0.1) is 20.3 Å². The van der Waals surface area contributed by atoms with Gasteiger partial charge in [0.1, 0.15) is 6.23 Å². The maximum Gasteiger partial charge on any atom is 0.411 e. The normalized spacial score (nSPS) is 25.0. The summed E-state index contributed by atoms with van der Waals surface area (Å²) in [6, 6.07) is 0. The Morgan fingerprint density at radius 1 is 1.80 bits per heavy atom. The molecule has 1 aliphatic heterocycles. The van der Waals surface area contributed by atoms with Crippen molar-refractivity contribution < 1.29 is 14.3 Å². The van der Waals surface area contributed by atoms with Crippen LogP contribution in [0.1, 0.15) is 6.92 Å². The molecule has 0 aromatic carbocycles. The number of methoxy groups -OCH3 is 1. The molecular formula is C6H11NO3. The Morgan fingerprint density at radius 3 is 2.90 bits per heavy atom. The Labute approximate surface area is 59.7 Å². The van der Waals surface area contributed by atoms with Crippen molar-refractivity contribution in [2.45, 2.75) is 13.2 Å². The highest BCUT2D eigenvalue weighted by atomic mass is 16.6. The number of carbonyl (C=O) groups is 1. The number of ether oxygens (including phenoxy) is 2. The number of amides is 1. The largest absolute Gasteiger partial charge is 0.453 e. The lowest BCUT2D eigenvalue weighted by Gasteiger charge is -2.16. The fourth-order valence-corrected chi connectivity index (χ4v) is 0.950. The molecule has 1 saturated heterocycles. The molecule has 4 nitrogen and oxygen atoms in total. The van der Waals surface area contributed by atoms with Crippen LogP contribution >= 0.6 is 0 Å². The second-order valence-electron chi connectivity index (χ2n) is 2.13. The van der Waals surface area contributed by atoms with Crippen LogP contribution in [0.4, 0.5) is 4.79 Å². The third kappa shape index (κ3) is 1.21. The van der Waals surface area contributed by atoms with Gasteiger partial charge in [-0.05, 0) is 6.92 Å². The lowest BCUT2D eigenvalue weighted by molar-refractivity contribution is 0.0432. The maximum absolute atomic E-state index is 10.8. The van der Waals surface area contributed by atoms with Gasteiger partial charge in [-0.25, -0.2) is 4.79 Å². The second-order valence-corrected chi connectivity index (χ2v) is 2.13. The summed E-state index contributed by atoms with van der Waals surface area (Å²) < 4.78 is 9.62. The van der Waals surface area contributed by atoms with E-state index < -0.39 is 0 Å². The highest BCUT2D eigenvalue weighted by Crippen LogP contribution is 2.09. The molecule has 0 aromatic rings. The summed E-state index contributed by atoms with van der Waals surface area (Å²) >= 11 is 0. The first-order chi connectivity index (χ1) is 4.75. The molecule has 1 fully saturated rings. The predicted molar refractivity (Wildman–Crippen MR) is 34.5 cm³/mol. The van der Waals surface area contributed by atoms with Crippen LogP contribution < -0.4 is 0 Å². The molecule has 1 rings (SSSR count). The number of rotatable bonds is 0. The zero-order valence-electron chi connectivity index (χ0n) is 6.16. The van der Waals surface area contributed by atoms with E-state index in [-0.39, 0.29) is 12.3 Å². The maximum atomic E-state index is 10.8. The van der Waals surface area contributed by atoms with Crippen LogP contribution in [0.15, 0.2) is 0 Å². The number of nitrogens with zero attached hydrogens (tertiary/aromatic N) is 1. The fraction of sp³-hybridized carbons (Fsp3) is 0.833. The molecule has 0 saturated carbocycles. The smallest absolute Gasteiger partial charge is 0.411 e. The van der Waals surface area contributed by atoms with E-state index in [2.05, 4.69) is 4.74 Å². The topological polar surface area (TPSA) is 38.8 Å². The van der Waals surface area contributed by atoms with Crippen LogP contribution in [0.3, 0.4) is 0 Å². The molecule has 1 heterocycles. The minimum absolute atomic E-state index is 0.132. The molecule has 1 aliphatic rings. The van der Waals surface area contributed by atoms with Gasteiger partial charge >= 0.3 is 6.09 Å². The summed E-state index contributed by atoms with van der Waals surface area (Å²) in [5.74, 6) is 0. The first-order valence-corrected chi connectivity index (χ1v) is 3.22. The summed E-state index contributed by atoms with van der Waals surface area (Å²) in [7, 11) is 1.37. The molecule has 10 heavy (non-hydrogen) atoms. The molecule has 1 amide bonds. The Balaban J connectivity index is 2.46. The van der Waals surface area contributed by atoms with E-state index in [9.17, 15) is 4.79 Å². The van der Waals surface area contributed by atoms with Crippen molar-refractivity contribution in [3.05, 3.63) is 0 Å². The quantitative estimate of drug-likeness (QED) is 0.496. The van der Waals surface area contributed by atoms with Crippen LogP contribution in [0.2, 0.25) is 0 Å². The van der Waals surface area contributed by atoms with Gasteiger partial charge in [0.25, 0.3) is 0 Å². The van der Waals surface area contributed by atoms with Gasteiger partial charge in [-0.1, -0.05) is 0 Å². The molecule has 0 spiro atoms. The molecule has 0 aliphatic carbocycles. The van der Waals surface area contributed by atoms with E-state index in [1.807, 2.05) is 6.92 Å². The van der Waals surface area contributed by atoms with Crippen LogP contribution in [0.25, 0.3) is 0 Å². The highest BCUT2D eigenvalue weighted by molar-refractivity contribution is 5.67. The van der Waals surface area contributed by atoms with Crippen molar-refractivity contribution >= 4 is 6.09 Å². The first-order valence-electron chi connectivity index (χ1n) is 3.22. The Kier molecular flexibility index (Phi) is 2.11. The lowest BCUT2D eigenvalue weighted by Crippen LogP contribution is -2.33. The van der Waals surface area contributed by atoms with Gasteiger partial charge in [-0.2, -0.15) is 0 Å². The van der Waals surface area contributed by atoms with Crippen LogP contribution in [-0.2, 0) is 9.47 Å². The van der Waals surface area contributed by atoms with E-state index >= 15 is 0 Å². The molecule has 1 atom stereocenters. The fourth-order valence-electron chi connectivity index (χ4n) is 0.950. The number of carbonyl (C=O) groups excluding carboxylic acids is 1. The Bertz CT molecular complexity index is 137. The zero-order chi connectivity index (χ0) is 7.56. The molecular weight excluding hydrogens is 134 g/mol. The molecule has 4 heteroatoms. The van der Waals surface area contributed by atoms with Gasteiger partial charge in [0.15, 0.2) is 0 Å². The van der Waals surface area contributed by atoms with Gasteiger partial charge in [0, 0.05) is 0 Å². The molecule has 0 bridgehead atoms. The molecule has 58 valence electrons. The third-order valence-corrected chi connectivity index (χ3v) is 1.54. The van der Waals surface area contributed by atoms with Crippen molar-refractivity contribution in [2.75, 3.05) is 20.3 Å². The summed E-state index contributed by atoms with van der Waals surface area (Å²) in [4.78, 5) is 12.4. The van der Waals surface area contributed by atoms with Crippen LogP contribution in [0, 0.1) is 0 Å². The minimum atomic E-state index is -0.315. The van der Waals surface area contributed by atoms with Crippen molar-refractivity contribution in [3.63, 3.8) is 0 Å². The Hall–Kier alpha value is -0.770. The SMILES string of the molecule is COC(=O)N1CCOC1C. The van der Waals surface area contributed by atoms with E-state index in [1.165, 1.54) is 7.11 Å². The van der Waals surface area contributed by atoms with Crippen molar-refractivity contribution in [2.24, 2.45) is 0 Å². The van der Waals surface area contributed by atoms with Crippen LogP contribution in [-0.4, -0.2) is 37.5 Å². The standard InChI is InChI=1S/C6H11NO3/c1-5-7(3-4-10-5)6(8)9-2/h5H,3-4H2,1-2H3. The molecule has 1 unspecified atom stereocenters. The average molecular weight is 145 g/mol. The van der Waals surface area contributed by atoms with Gasteiger partial charge in [-0.3, -0.25) is 4.90 Å². The summed E-state index contributed by atoms with van der Waals surface area (Å²) in [5, 5.41) is 0. The third-order valence-electron chi connectivity index (χ3n) is 1.54. The van der Waals surface area contributed by atoms with Crippen molar-refractivity contribution in [1.82, 2.24) is 4.90 Å². The second kappa shape index (κ2) is 2.88. The van der Waals surface area contributed by atoms with E-state index in [1.54, 1.807) is 4.90 Å². The number of hydrogen-bond acceptors (Lipinski definition) is 3. The van der Waals surface area contributed by atoms with Crippen molar-refractivity contribution in [3.8, 4) is 0 Å². The molecule has 0 aromatic heterocycles. The highest BCUT2D eigenvalue weighted by Gasteiger charge is 2.25. The monoisotopic (exact) mass is 145 g/mol. The van der Waals surface area contributed by atoms with E-state index in [4.69, 9.17) is 4.74 Å². The van der Waals surface area contributed by atoms with Gasteiger partial charge in [-0.15, -0.1) is 0 Å². The lowest BCUT2D eigenvalue weighted by atomic mass is 10.5. The first kappa shape index (κ1) is 7.34. The van der Waals surface area contributed by atoms with Gasteiger partial charge in [0.2, 0.25) is 0 Å². The molecule has 0 radical (unpaired) electrons. The summed E-state index contributed by atoms with van der Waals surface area (Å²) in [5.41, 5.74) is 0. The summed E-state index contributed by atoms with van der Waals surface area (Å²) in [6.07, 6.45) is -0.447. The van der Waals surface area contributed by atoms with E-state index in [0.29, 0.717) is 13.2 Å². The Morgan fingerprint density at radius 2 is 2.50 bits per heavy atom. The summed E-state index contributed by atoms with van der Waals surface area (Å²) in [6.45, 7) is 3.06. The van der Waals surface area contributed by atoms with Crippen LogP contribution in [0.5, 0.6) is 0 Å². The predicted octanol–water partition coefficient (Wildman–Crippen LogP) is 0.431. The molecule has 0 N–H and O–H groups in total. The van der Waals surface area contributed by atoms with Crippen molar-refractivity contribution in [1.29, 1.82) is 0 Å².